The van der Waals surface area contributed by atoms with E-state index in [9.17, 15) is 4.79 Å². The molecule has 7 heteroatoms. The number of rotatable bonds is 3. The molecule has 3 heterocycles. The lowest BCUT2D eigenvalue weighted by Gasteiger charge is -2.37. The third-order valence-corrected chi connectivity index (χ3v) is 5.78. The van der Waals surface area contributed by atoms with Crippen LogP contribution in [0.1, 0.15) is 23.5 Å². The van der Waals surface area contributed by atoms with Crippen molar-refractivity contribution >= 4 is 11.5 Å². The van der Waals surface area contributed by atoms with Crippen LogP contribution in [0.25, 0.3) is 11.3 Å². The molecule has 0 unspecified atom stereocenters. The van der Waals surface area contributed by atoms with Gasteiger partial charge in [-0.1, -0.05) is 30.3 Å². The Kier molecular flexibility index (Phi) is 4.50. The second-order valence-corrected chi connectivity index (χ2v) is 7.68. The van der Waals surface area contributed by atoms with Crippen LogP contribution in [-0.4, -0.2) is 46.3 Å². The molecule has 29 heavy (non-hydrogen) atoms. The van der Waals surface area contributed by atoms with Crippen LogP contribution in [0.15, 0.2) is 41.2 Å². The Morgan fingerprint density at radius 2 is 1.72 bits per heavy atom. The third kappa shape index (κ3) is 3.37. The van der Waals surface area contributed by atoms with E-state index in [1.54, 1.807) is 6.07 Å². The van der Waals surface area contributed by atoms with Crippen LogP contribution >= 0.6 is 0 Å². The maximum Gasteiger partial charge on any atom is 0.266 e. The van der Waals surface area contributed by atoms with Crippen molar-refractivity contribution < 1.29 is 0 Å². The summed E-state index contributed by atoms with van der Waals surface area (Å²) >= 11 is 0. The third-order valence-electron chi connectivity index (χ3n) is 5.78. The van der Waals surface area contributed by atoms with Crippen molar-refractivity contribution in [1.82, 2.24) is 20.2 Å². The maximum absolute atomic E-state index is 12.0. The zero-order valence-corrected chi connectivity index (χ0v) is 16.6. The Bertz CT molecular complexity index is 1090. The van der Waals surface area contributed by atoms with Crippen molar-refractivity contribution in [3.8, 4) is 11.3 Å². The molecule has 5 rings (SSSR count). The molecule has 2 aliphatic rings. The van der Waals surface area contributed by atoms with Crippen molar-refractivity contribution in [2.24, 2.45) is 0 Å². The molecule has 148 valence electrons. The Morgan fingerprint density at radius 1 is 0.966 bits per heavy atom. The molecule has 0 atom stereocenters. The van der Waals surface area contributed by atoms with Gasteiger partial charge in [-0.3, -0.25) is 4.79 Å². The van der Waals surface area contributed by atoms with Crippen LogP contribution < -0.4 is 15.4 Å². The molecule has 0 amide bonds. The number of H-pyrrole nitrogens is 1. The highest BCUT2D eigenvalue weighted by Gasteiger charge is 2.26. The zero-order valence-electron chi connectivity index (χ0n) is 16.6. The number of piperazine rings is 1. The number of aryl methyl sites for hydroxylation is 2. The number of hydrogen-bond acceptors (Lipinski definition) is 6. The Labute approximate surface area is 169 Å². The van der Waals surface area contributed by atoms with Crippen LogP contribution in [0.4, 0.5) is 11.5 Å². The number of fused-ring (bicyclic) bond motifs is 1. The van der Waals surface area contributed by atoms with E-state index in [4.69, 9.17) is 4.98 Å². The average molecular weight is 388 g/mol. The summed E-state index contributed by atoms with van der Waals surface area (Å²) in [6, 6.07) is 11.7. The van der Waals surface area contributed by atoms with E-state index in [0.29, 0.717) is 0 Å². The maximum atomic E-state index is 12.0. The number of aromatic nitrogens is 4. The van der Waals surface area contributed by atoms with E-state index in [-0.39, 0.29) is 5.56 Å². The summed E-state index contributed by atoms with van der Waals surface area (Å²) in [7, 11) is 0. The number of nitrogens with one attached hydrogen (secondary N) is 1. The Morgan fingerprint density at radius 3 is 2.52 bits per heavy atom. The van der Waals surface area contributed by atoms with Crippen molar-refractivity contribution in [2.45, 2.75) is 26.2 Å². The largest absolute Gasteiger partial charge is 0.366 e. The van der Waals surface area contributed by atoms with E-state index in [1.807, 2.05) is 37.3 Å². The molecule has 2 aromatic heterocycles. The van der Waals surface area contributed by atoms with Crippen LogP contribution in [0.5, 0.6) is 0 Å². The van der Waals surface area contributed by atoms with Gasteiger partial charge in [0.1, 0.15) is 17.3 Å². The highest BCUT2D eigenvalue weighted by Crippen LogP contribution is 2.31. The summed E-state index contributed by atoms with van der Waals surface area (Å²) in [4.78, 5) is 26.0. The second kappa shape index (κ2) is 7.31. The molecule has 7 nitrogen and oxygen atoms in total. The second-order valence-electron chi connectivity index (χ2n) is 7.68. The van der Waals surface area contributed by atoms with Crippen LogP contribution in [0.2, 0.25) is 0 Å². The molecule has 0 saturated carbocycles. The standard InChI is InChI=1S/C22H24N6O/c1-15-23-18-9-5-8-17(18)22(24-15)28-12-10-27(11-13-28)19-14-20(29)25-26-21(19)16-6-3-2-4-7-16/h2-4,6-7,14H,5,8-13H2,1H3,(H,25,29). The summed E-state index contributed by atoms with van der Waals surface area (Å²) < 4.78 is 0. The summed E-state index contributed by atoms with van der Waals surface area (Å²) in [5.74, 6) is 1.96. The highest BCUT2D eigenvalue weighted by atomic mass is 16.1. The first-order valence-electron chi connectivity index (χ1n) is 10.2. The number of aromatic amines is 1. The van der Waals surface area contributed by atoms with Gasteiger partial charge in [-0.2, -0.15) is 5.10 Å². The van der Waals surface area contributed by atoms with Gasteiger partial charge in [0.05, 0.1) is 5.69 Å². The summed E-state index contributed by atoms with van der Waals surface area (Å²) in [5, 5.41) is 6.93. The minimum absolute atomic E-state index is 0.175. The van der Waals surface area contributed by atoms with Crippen molar-refractivity contribution in [2.75, 3.05) is 36.0 Å². The van der Waals surface area contributed by atoms with Crippen LogP contribution in [0, 0.1) is 6.92 Å². The minimum atomic E-state index is -0.175. The van der Waals surface area contributed by atoms with Gasteiger partial charge >= 0.3 is 0 Å². The van der Waals surface area contributed by atoms with Gasteiger partial charge in [-0.25, -0.2) is 15.1 Å². The van der Waals surface area contributed by atoms with Crippen LogP contribution in [0.3, 0.4) is 0 Å². The topological polar surface area (TPSA) is 78.0 Å². The normalized spacial score (nSPS) is 16.2. The lowest BCUT2D eigenvalue weighted by Crippen LogP contribution is -2.47. The highest BCUT2D eigenvalue weighted by molar-refractivity contribution is 5.74. The van der Waals surface area contributed by atoms with E-state index in [2.05, 4.69) is 25.0 Å². The summed E-state index contributed by atoms with van der Waals surface area (Å²) in [5.41, 5.74) is 5.09. The minimum Gasteiger partial charge on any atom is -0.366 e. The monoisotopic (exact) mass is 388 g/mol. The fourth-order valence-electron chi connectivity index (χ4n) is 4.40. The summed E-state index contributed by atoms with van der Waals surface area (Å²) in [6.45, 7) is 5.35. The van der Waals surface area contributed by atoms with Gasteiger partial charge in [0.25, 0.3) is 5.56 Å². The van der Waals surface area contributed by atoms with Crippen LogP contribution in [-0.2, 0) is 12.8 Å². The first-order valence-corrected chi connectivity index (χ1v) is 10.2. The molecule has 1 aromatic carbocycles. The van der Waals surface area contributed by atoms with E-state index >= 15 is 0 Å². The van der Waals surface area contributed by atoms with Crippen molar-refractivity contribution in [3.05, 3.63) is 63.8 Å². The van der Waals surface area contributed by atoms with E-state index < -0.39 is 0 Å². The molecule has 1 aliphatic carbocycles. The predicted molar refractivity (Wildman–Crippen MR) is 114 cm³/mol. The number of benzene rings is 1. The van der Waals surface area contributed by atoms with Gasteiger partial charge in [0.2, 0.25) is 0 Å². The molecular weight excluding hydrogens is 364 g/mol. The Hall–Kier alpha value is -3.22. The lowest BCUT2D eigenvalue weighted by molar-refractivity contribution is 0.641. The molecule has 0 radical (unpaired) electrons. The van der Waals surface area contributed by atoms with Crippen molar-refractivity contribution in [3.63, 3.8) is 0 Å². The molecule has 1 saturated heterocycles. The Balaban J connectivity index is 1.41. The van der Waals surface area contributed by atoms with E-state index in [1.165, 1.54) is 17.7 Å². The quantitative estimate of drug-likeness (QED) is 0.742. The molecule has 0 spiro atoms. The van der Waals surface area contributed by atoms with Crippen molar-refractivity contribution in [1.29, 1.82) is 0 Å². The molecule has 0 bridgehead atoms. The molecular formula is C22H24N6O. The molecule has 1 fully saturated rings. The lowest BCUT2D eigenvalue weighted by atomic mass is 10.1. The predicted octanol–water partition coefficient (Wildman–Crippen LogP) is 2.35. The average Bonchev–Trinajstić information content (AvgIpc) is 3.22. The molecule has 1 N–H and O–H groups in total. The number of anilines is 2. The molecule has 1 aliphatic heterocycles. The van der Waals surface area contributed by atoms with Gasteiger partial charge in [0, 0.05) is 49.1 Å². The van der Waals surface area contributed by atoms with Gasteiger partial charge in [0.15, 0.2) is 0 Å². The zero-order chi connectivity index (χ0) is 19.8. The number of hydrogen-bond donors (Lipinski definition) is 1. The van der Waals surface area contributed by atoms with E-state index in [0.717, 1.165) is 67.6 Å². The van der Waals surface area contributed by atoms with Gasteiger partial charge in [-0.15, -0.1) is 0 Å². The first-order chi connectivity index (χ1) is 14.2. The fourth-order valence-corrected chi connectivity index (χ4v) is 4.40. The van der Waals surface area contributed by atoms with Gasteiger partial charge < -0.3 is 9.80 Å². The van der Waals surface area contributed by atoms with Gasteiger partial charge in [-0.05, 0) is 26.2 Å². The smallest absolute Gasteiger partial charge is 0.266 e. The molecule has 3 aromatic rings. The fraction of sp³-hybridized carbons (Fsp3) is 0.364. The number of nitrogens with zero attached hydrogens (tertiary/aromatic N) is 5. The SMILES string of the molecule is Cc1nc2c(c(N3CCN(c4cc(=O)[nH]nc4-c4ccccc4)CC3)n1)CCC2. The first kappa shape index (κ1) is 17.8. The summed E-state index contributed by atoms with van der Waals surface area (Å²) in [6.07, 6.45) is 3.30.